The summed E-state index contributed by atoms with van der Waals surface area (Å²) in [6.07, 6.45) is 2.85. The lowest BCUT2D eigenvalue weighted by molar-refractivity contribution is -0.137. The molecule has 2 N–H and O–H groups in total. The van der Waals surface area contributed by atoms with Crippen molar-refractivity contribution in [1.29, 1.82) is 0 Å². The van der Waals surface area contributed by atoms with Crippen LogP contribution < -0.4 is 5.32 Å². The SMILES string of the molecule is CC1CN(C2CC2)C(=O)C(CCO)N1. The fraction of sp³-hybridized carbons (Fsp3) is 0.900. The Morgan fingerprint density at radius 2 is 2.29 bits per heavy atom. The van der Waals surface area contributed by atoms with Gasteiger partial charge in [0, 0.05) is 25.2 Å². The number of carbonyl (C=O) groups is 1. The van der Waals surface area contributed by atoms with Crippen molar-refractivity contribution in [1.82, 2.24) is 10.2 Å². The van der Waals surface area contributed by atoms with Gasteiger partial charge < -0.3 is 15.3 Å². The minimum absolute atomic E-state index is 0.0780. The summed E-state index contributed by atoms with van der Waals surface area (Å²) in [5.74, 6) is 0.180. The van der Waals surface area contributed by atoms with E-state index in [9.17, 15) is 4.79 Å². The maximum absolute atomic E-state index is 11.9. The van der Waals surface area contributed by atoms with Crippen molar-refractivity contribution in [2.24, 2.45) is 0 Å². The van der Waals surface area contributed by atoms with E-state index in [1.54, 1.807) is 0 Å². The van der Waals surface area contributed by atoms with Crippen molar-refractivity contribution in [3.05, 3.63) is 0 Å². The van der Waals surface area contributed by atoms with Crippen molar-refractivity contribution in [3.8, 4) is 0 Å². The van der Waals surface area contributed by atoms with Crippen LogP contribution in [0.15, 0.2) is 0 Å². The molecule has 14 heavy (non-hydrogen) atoms. The van der Waals surface area contributed by atoms with Crippen molar-refractivity contribution in [2.75, 3.05) is 13.2 Å². The number of hydrogen-bond donors (Lipinski definition) is 2. The zero-order chi connectivity index (χ0) is 10.1. The van der Waals surface area contributed by atoms with Crippen molar-refractivity contribution in [3.63, 3.8) is 0 Å². The van der Waals surface area contributed by atoms with Crippen molar-refractivity contribution < 1.29 is 9.90 Å². The molecule has 0 aromatic rings. The lowest BCUT2D eigenvalue weighted by Crippen LogP contribution is -2.59. The minimum Gasteiger partial charge on any atom is -0.396 e. The topological polar surface area (TPSA) is 52.6 Å². The molecule has 1 aliphatic carbocycles. The first kappa shape index (κ1) is 9.93. The summed E-state index contributed by atoms with van der Waals surface area (Å²) in [6, 6.07) is 0.683. The van der Waals surface area contributed by atoms with Gasteiger partial charge in [0.2, 0.25) is 5.91 Å². The first-order valence-electron chi connectivity index (χ1n) is 5.39. The zero-order valence-electron chi connectivity index (χ0n) is 8.57. The summed E-state index contributed by atoms with van der Waals surface area (Å²) >= 11 is 0. The third-order valence-corrected chi connectivity index (χ3v) is 2.94. The monoisotopic (exact) mass is 198 g/mol. The summed E-state index contributed by atoms with van der Waals surface area (Å²) in [7, 11) is 0. The fourth-order valence-electron chi connectivity index (χ4n) is 2.10. The maximum Gasteiger partial charge on any atom is 0.240 e. The summed E-state index contributed by atoms with van der Waals surface area (Å²) in [6.45, 7) is 2.99. The second-order valence-electron chi connectivity index (χ2n) is 4.35. The molecule has 2 aliphatic rings. The Kier molecular flexibility index (Phi) is 2.74. The molecule has 2 rings (SSSR count). The second-order valence-corrected chi connectivity index (χ2v) is 4.35. The van der Waals surface area contributed by atoms with Gasteiger partial charge in [0.05, 0.1) is 6.04 Å². The number of nitrogens with zero attached hydrogens (tertiary/aromatic N) is 1. The van der Waals surface area contributed by atoms with Gasteiger partial charge in [-0.15, -0.1) is 0 Å². The van der Waals surface area contributed by atoms with Crippen molar-refractivity contribution >= 4 is 5.91 Å². The van der Waals surface area contributed by atoms with Gasteiger partial charge in [-0.3, -0.25) is 4.79 Å². The van der Waals surface area contributed by atoms with Crippen LogP contribution in [0, 0.1) is 0 Å². The molecule has 0 bridgehead atoms. The van der Waals surface area contributed by atoms with Crippen LogP contribution in [0.1, 0.15) is 26.2 Å². The molecule has 0 spiro atoms. The minimum atomic E-state index is -0.163. The molecular weight excluding hydrogens is 180 g/mol. The molecule has 1 aliphatic heterocycles. The van der Waals surface area contributed by atoms with Gasteiger partial charge in [-0.25, -0.2) is 0 Å². The van der Waals surface area contributed by atoms with Crippen LogP contribution in [0.2, 0.25) is 0 Å². The number of rotatable bonds is 3. The first-order chi connectivity index (χ1) is 6.72. The van der Waals surface area contributed by atoms with E-state index in [-0.39, 0.29) is 18.6 Å². The highest BCUT2D eigenvalue weighted by Gasteiger charge is 2.39. The van der Waals surface area contributed by atoms with Crippen LogP contribution in [-0.4, -0.2) is 47.2 Å². The van der Waals surface area contributed by atoms with E-state index in [2.05, 4.69) is 12.2 Å². The Balaban J connectivity index is 2.00. The van der Waals surface area contributed by atoms with Gasteiger partial charge >= 0.3 is 0 Å². The van der Waals surface area contributed by atoms with Crippen LogP contribution in [0.4, 0.5) is 0 Å². The van der Waals surface area contributed by atoms with E-state index < -0.39 is 0 Å². The molecule has 4 nitrogen and oxygen atoms in total. The largest absolute Gasteiger partial charge is 0.396 e. The second kappa shape index (κ2) is 3.87. The van der Waals surface area contributed by atoms with Crippen LogP contribution in [0.5, 0.6) is 0 Å². The standard InChI is InChI=1S/C10H18N2O2/c1-7-6-12(8-2-3-8)10(14)9(11-7)4-5-13/h7-9,11,13H,2-6H2,1H3. The van der Waals surface area contributed by atoms with E-state index in [1.165, 1.54) is 0 Å². The molecule has 1 saturated carbocycles. The van der Waals surface area contributed by atoms with Crippen molar-refractivity contribution in [2.45, 2.75) is 44.3 Å². The van der Waals surface area contributed by atoms with E-state index in [1.807, 2.05) is 4.90 Å². The number of carbonyl (C=O) groups excluding carboxylic acids is 1. The number of aliphatic hydroxyl groups is 1. The Morgan fingerprint density at radius 1 is 1.57 bits per heavy atom. The predicted octanol–water partition coefficient (Wildman–Crippen LogP) is -0.280. The van der Waals surface area contributed by atoms with Gasteiger partial charge in [0.25, 0.3) is 0 Å². The Hall–Kier alpha value is -0.610. The lowest BCUT2D eigenvalue weighted by atomic mass is 10.1. The summed E-state index contributed by atoms with van der Waals surface area (Å²) < 4.78 is 0. The summed E-state index contributed by atoms with van der Waals surface area (Å²) in [4.78, 5) is 13.9. The number of aliphatic hydroxyl groups excluding tert-OH is 1. The Morgan fingerprint density at radius 3 is 2.86 bits per heavy atom. The normalized spacial score (nSPS) is 33.6. The predicted molar refractivity (Wildman–Crippen MR) is 52.8 cm³/mol. The molecule has 2 fully saturated rings. The Bertz CT molecular complexity index is 228. The average molecular weight is 198 g/mol. The highest BCUT2D eigenvalue weighted by atomic mass is 16.3. The fourth-order valence-corrected chi connectivity index (χ4v) is 2.10. The number of piperazine rings is 1. The highest BCUT2D eigenvalue weighted by molar-refractivity contribution is 5.83. The van der Waals surface area contributed by atoms with E-state index in [0.717, 1.165) is 19.4 Å². The van der Waals surface area contributed by atoms with Crippen LogP contribution >= 0.6 is 0 Å². The molecule has 2 atom stereocenters. The van der Waals surface area contributed by atoms with Crippen LogP contribution in [0.25, 0.3) is 0 Å². The van der Waals surface area contributed by atoms with E-state index in [4.69, 9.17) is 5.11 Å². The number of amides is 1. The smallest absolute Gasteiger partial charge is 0.240 e. The summed E-state index contributed by atoms with van der Waals surface area (Å²) in [5, 5.41) is 12.1. The quantitative estimate of drug-likeness (QED) is 0.656. The molecule has 1 amide bonds. The molecule has 1 heterocycles. The first-order valence-corrected chi connectivity index (χ1v) is 5.39. The van der Waals surface area contributed by atoms with Gasteiger partial charge in [-0.1, -0.05) is 0 Å². The molecule has 2 unspecified atom stereocenters. The number of nitrogens with one attached hydrogen (secondary N) is 1. The Labute approximate surface area is 84.3 Å². The van der Waals surface area contributed by atoms with Gasteiger partial charge in [0.15, 0.2) is 0 Å². The molecule has 1 saturated heterocycles. The van der Waals surface area contributed by atoms with E-state index in [0.29, 0.717) is 18.5 Å². The third kappa shape index (κ3) is 1.91. The highest BCUT2D eigenvalue weighted by Crippen LogP contribution is 2.29. The van der Waals surface area contributed by atoms with Crippen LogP contribution in [-0.2, 0) is 4.79 Å². The lowest BCUT2D eigenvalue weighted by Gasteiger charge is -2.37. The van der Waals surface area contributed by atoms with E-state index >= 15 is 0 Å². The zero-order valence-corrected chi connectivity index (χ0v) is 8.57. The van der Waals surface area contributed by atoms with Crippen LogP contribution in [0.3, 0.4) is 0 Å². The number of hydrogen-bond acceptors (Lipinski definition) is 3. The maximum atomic E-state index is 11.9. The molecule has 80 valence electrons. The molecular formula is C10H18N2O2. The average Bonchev–Trinajstić information content (AvgIpc) is 2.94. The molecule has 0 aromatic heterocycles. The third-order valence-electron chi connectivity index (χ3n) is 2.94. The van der Waals surface area contributed by atoms with Gasteiger partial charge in [-0.05, 0) is 26.2 Å². The summed E-state index contributed by atoms with van der Waals surface area (Å²) in [5.41, 5.74) is 0. The van der Waals surface area contributed by atoms with Gasteiger partial charge in [-0.2, -0.15) is 0 Å². The molecule has 0 radical (unpaired) electrons. The molecule has 4 heteroatoms. The molecule has 0 aromatic carbocycles. The van der Waals surface area contributed by atoms with Gasteiger partial charge in [0.1, 0.15) is 0 Å².